The minimum absolute atomic E-state index is 0.120. The van der Waals surface area contributed by atoms with Gasteiger partial charge in [-0.3, -0.25) is 14.2 Å². The van der Waals surface area contributed by atoms with E-state index in [9.17, 15) is 9.59 Å². The average Bonchev–Trinajstić information content (AvgIpc) is 3.36. The largest absolute Gasteiger partial charge is 0.325 e. The molecule has 0 radical (unpaired) electrons. The van der Waals surface area contributed by atoms with E-state index in [1.807, 2.05) is 59.3 Å². The molecule has 1 aliphatic heterocycles. The van der Waals surface area contributed by atoms with Crippen LogP contribution in [0.5, 0.6) is 0 Å². The highest BCUT2D eigenvalue weighted by molar-refractivity contribution is 9.10. The van der Waals surface area contributed by atoms with Gasteiger partial charge in [-0.1, -0.05) is 33.8 Å². The second-order valence-electron chi connectivity index (χ2n) is 6.59. The van der Waals surface area contributed by atoms with E-state index in [1.165, 1.54) is 11.8 Å². The maximum absolute atomic E-state index is 12.4. The minimum Gasteiger partial charge on any atom is -0.325 e. The number of halogens is 1. The summed E-state index contributed by atoms with van der Waals surface area (Å²) in [5.74, 6) is 0.245. The van der Waals surface area contributed by atoms with Gasteiger partial charge in [0.15, 0.2) is 5.16 Å². The molecule has 1 aliphatic rings. The van der Waals surface area contributed by atoms with Crippen molar-refractivity contribution in [1.29, 1.82) is 0 Å². The number of imidazole rings is 1. The quantitative estimate of drug-likeness (QED) is 0.538. The van der Waals surface area contributed by atoms with Gasteiger partial charge in [0.1, 0.15) is 0 Å². The van der Waals surface area contributed by atoms with Crippen LogP contribution >= 0.6 is 27.7 Å². The van der Waals surface area contributed by atoms with Gasteiger partial charge in [-0.05, 0) is 48.9 Å². The third-order valence-electron chi connectivity index (χ3n) is 4.56. The molecule has 0 atom stereocenters. The number of hydrogen-bond acceptors (Lipinski definition) is 4. The number of carbonyl (C=O) groups excluding carboxylic acids is 2. The van der Waals surface area contributed by atoms with Crippen molar-refractivity contribution in [3.05, 3.63) is 65.4 Å². The fraction of sp³-hybridized carbons (Fsp3) is 0.190. The molecule has 6 nitrogen and oxygen atoms in total. The maximum atomic E-state index is 12.4. The molecule has 0 unspecified atom stereocenters. The Morgan fingerprint density at radius 1 is 1.17 bits per heavy atom. The summed E-state index contributed by atoms with van der Waals surface area (Å²) in [5, 5.41) is 3.66. The van der Waals surface area contributed by atoms with Gasteiger partial charge in [-0.2, -0.15) is 0 Å². The van der Waals surface area contributed by atoms with Gasteiger partial charge >= 0.3 is 0 Å². The first-order valence-electron chi connectivity index (χ1n) is 9.22. The first kappa shape index (κ1) is 19.7. The van der Waals surface area contributed by atoms with Crippen molar-refractivity contribution in [2.24, 2.45) is 0 Å². The summed E-state index contributed by atoms with van der Waals surface area (Å²) in [6, 6.07) is 15.3. The Kier molecular flexibility index (Phi) is 6.01. The van der Waals surface area contributed by atoms with Gasteiger partial charge in [0, 0.05) is 46.9 Å². The fourth-order valence-electron chi connectivity index (χ4n) is 3.19. The van der Waals surface area contributed by atoms with Crippen molar-refractivity contribution in [3.8, 4) is 5.69 Å². The van der Waals surface area contributed by atoms with Crippen molar-refractivity contribution in [3.63, 3.8) is 0 Å². The van der Waals surface area contributed by atoms with E-state index in [0.29, 0.717) is 12.1 Å². The zero-order valence-electron chi connectivity index (χ0n) is 15.5. The van der Waals surface area contributed by atoms with E-state index < -0.39 is 0 Å². The van der Waals surface area contributed by atoms with E-state index in [2.05, 4.69) is 26.2 Å². The van der Waals surface area contributed by atoms with E-state index in [1.54, 1.807) is 11.1 Å². The lowest BCUT2D eigenvalue weighted by molar-refractivity contribution is -0.117. The smallest absolute Gasteiger partial charge is 0.234 e. The number of anilines is 2. The van der Waals surface area contributed by atoms with Crippen molar-refractivity contribution >= 4 is 50.9 Å². The summed E-state index contributed by atoms with van der Waals surface area (Å²) in [6.45, 7) is 0.727. The van der Waals surface area contributed by atoms with E-state index in [-0.39, 0.29) is 17.6 Å². The lowest BCUT2D eigenvalue weighted by Crippen LogP contribution is -2.23. The zero-order valence-corrected chi connectivity index (χ0v) is 17.9. The van der Waals surface area contributed by atoms with Crippen LogP contribution in [0.2, 0.25) is 0 Å². The Bertz CT molecular complexity index is 1040. The first-order chi connectivity index (χ1) is 14.1. The summed E-state index contributed by atoms with van der Waals surface area (Å²) < 4.78 is 2.96. The molecule has 0 bridgehead atoms. The highest BCUT2D eigenvalue weighted by atomic mass is 79.9. The van der Waals surface area contributed by atoms with Crippen LogP contribution < -0.4 is 10.2 Å². The molecule has 3 aromatic rings. The van der Waals surface area contributed by atoms with Crippen LogP contribution in [-0.4, -0.2) is 33.7 Å². The molecule has 29 heavy (non-hydrogen) atoms. The summed E-state index contributed by atoms with van der Waals surface area (Å²) >= 11 is 4.81. The Morgan fingerprint density at radius 3 is 2.76 bits per heavy atom. The molecule has 1 aromatic heterocycles. The monoisotopic (exact) mass is 470 g/mol. The van der Waals surface area contributed by atoms with E-state index >= 15 is 0 Å². The molecule has 2 amide bonds. The van der Waals surface area contributed by atoms with Gasteiger partial charge in [-0.25, -0.2) is 4.98 Å². The van der Waals surface area contributed by atoms with Crippen molar-refractivity contribution in [2.75, 3.05) is 22.5 Å². The van der Waals surface area contributed by atoms with Gasteiger partial charge in [-0.15, -0.1) is 0 Å². The Hall–Kier alpha value is -2.58. The van der Waals surface area contributed by atoms with Gasteiger partial charge in [0.05, 0.1) is 5.75 Å². The third-order valence-corrected chi connectivity index (χ3v) is 6.05. The molecule has 2 heterocycles. The molecule has 4 rings (SSSR count). The molecule has 8 heteroatoms. The normalized spacial score (nSPS) is 13.7. The van der Waals surface area contributed by atoms with E-state index in [0.717, 1.165) is 34.0 Å². The Morgan fingerprint density at radius 2 is 2.00 bits per heavy atom. The molecule has 0 saturated carbocycles. The molecular formula is C21H19BrN4O2S. The molecule has 0 aliphatic carbocycles. The summed E-state index contributed by atoms with van der Waals surface area (Å²) in [5.41, 5.74) is 2.49. The summed E-state index contributed by atoms with van der Waals surface area (Å²) in [6.07, 6.45) is 5.05. The maximum Gasteiger partial charge on any atom is 0.234 e. The second kappa shape index (κ2) is 8.84. The number of nitrogens with zero attached hydrogens (tertiary/aromatic N) is 3. The minimum atomic E-state index is -0.120. The molecule has 148 valence electrons. The van der Waals surface area contributed by atoms with Crippen LogP contribution in [0, 0.1) is 0 Å². The number of amides is 2. The fourth-order valence-corrected chi connectivity index (χ4v) is 4.23. The van der Waals surface area contributed by atoms with Gasteiger partial charge < -0.3 is 10.2 Å². The SMILES string of the molecule is O=C(CSc1nccn1-c1ccc(Br)cc1)Nc1cccc(N2CCCC2=O)c1. The number of rotatable bonds is 6. The van der Waals surface area contributed by atoms with Crippen LogP contribution in [0.3, 0.4) is 0 Å². The number of thioether (sulfide) groups is 1. The first-order valence-corrected chi connectivity index (χ1v) is 11.0. The lowest BCUT2D eigenvalue weighted by Gasteiger charge is -2.16. The zero-order chi connectivity index (χ0) is 20.2. The van der Waals surface area contributed by atoms with E-state index in [4.69, 9.17) is 0 Å². The van der Waals surface area contributed by atoms with Crippen LogP contribution in [0.15, 0.2) is 70.6 Å². The predicted octanol–water partition coefficient (Wildman–Crippen LogP) is 4.49. The van der Waals surface area contributed by atoms with Gasteiger partial charge in [0.2, 0.25) is 11.8 Å². The van der Waals surface area contributed by atoms with Crippen LogP contribution in [0.4, 0.5) is 11.4 Å². The Labute approximate surface area is 181 Å². The van der Waals surface area contributed by atoms with Crippen LogP contribution in [-0.2, 0) is 9.59 Å². The number of hydrogen-bond donors (Lipinski definition) is 1. The highest BCUT2D eigenvalue weighted by Crippen LogP contribution is 2.25. The number of carbonyl (C=O) groups is 2. The van der Waals surface area contributed by atoms with Crippen molar-refractivity contribution in [2.45, 2.75) is 18.0 Å². The number of benzene rings is 2. The Balaban J connectivity index is 1.38. The summed E-state index contributed by atoms with van der Waals surface area (Å²) in [4.78, 5) is 30.5. The third kappa shape index (κ3) is 4.71. The number of nitrogens with one attached hydrogen (secondary N) is 1. The lowest BCUT2D eigenvalue weighted by atomic mass is 10.2. The topological polar surface area (TPSA) is 67.2 Å². The molecule has 1 fully saturated rings. The van der Waals surface area contributed by atoms with Crippen LogP contribution in [0.1, 0.15) is 12.8 Å². The molecular weight excluding hydrogens is 452 g/mol. The van der Waals surface area contributed by atoms with Crippen molar-refractivity contribution in [1.82, 2.24) is 9.55 Å². The second-order valence-corrected chi connectivity index (χ2v) is 8.45. The number of aromatic nitrogens is 2. The van der Waals surface area contributed by atoms with Crippen molar-refractivity contribution < 1.29 is 9.59 Å². The molecule has 1 N–H and O–H groups in total. The predicted molar refractivity (Wildman–Crippen MR) is 119 cm³/mol. The average molecular weight is 471 g/mol. The molecule has 0 spiro atoms. The summed E-state index contributed by atoms with van der Waals surface area (Å²) in [7, 11) is 0. The van der Waals surface area contributed by atoms with Gasteiger partial charge in [0.25, 0.3) is 0 Å². The molecule has 1 saturated heterocycles. The standard InChI is InChI=1S/C21H19BrN4O2S/c22-15-6-8-17(9-7-15)26-12-10-23-21(26)29-14-19(27)24-16-3-1-4-18(13-16)25-11-2-5-20(25)28/h1,3-4,6-10,12-13H,2,5,11,14H2,(H,24,27). The molecule has 2 aromatic carbocycles. The highest BCUT2D eigenvalue weighted by Gasteiger charge is 2.21. The van der Waals surface area contributed by atoms with Crippen LogP contribution in [0.25, 0.3) is 5.69 Å².